The molecule has 5 heteroatoms. The third-order valence-electron chi connectivity index (χ3n) is 4.51. The van der Waals surface area contributed by atoms with Crippen LogP contribution in [0.2, 0.25) is 10.0 Å². The van der Waals surface area contributed by atoms with Crippen molar-refractivity contribution in [1.29, 1.82) is 0 Å². The Hall–Kier alpha value is -1.97. The smallest absolute Gasteiger partial charge is 0.133 e. The minimum Gasteiger partial charge on any atom is -0.370 e. The van der Waals surface area contributed by atoms with Gasteiger partial charge in [-0.3, -0.25) is 0 Å². The normalized spacial score (nSPS) is 13.9. The number of anilines is 1. The minimum atomic E-state index is 0.609. The highest BCUT2D eigenvalue weighted by Crippen LogP contribution is 2.35. The summed E-state index contributed by atoms with van der Waals surface area (Å²) in [6.45, 7) is 3.05. The van der Waals surface area contributed by atoms with Crippen LogP contribution in [-0.2, 0) is 6.42 Å². The molecule has 4 rings (SSSR count). The van der Waals surface area contributed by atoms with Crippen LogP contribution in [0.25, 0.3) is 16.9 Å². The highest BCUT2D eigenvalue weighted by atomic mass is 35.5. The van der Waals surface area contributed by atoms with Gasteiger partial charge in [0.05, 0.1) is 11.4 Å². The predicted octanol–water partition coefficient (Wildman–Crippen LogP) is 5.90. The number of aryl methyl sites for hydroxylation is 1. The maximum atomic E-state index is 6.21. The highest BCUT2D eigenvalue weighted by molar-refractivity contribution is 6.34. The average Bonchev–Trinajstić information content (AvgIpc) is 2.76. The standard InChI is InChI=1S/C20H19Cl2N3/c1-13-5-4-6-14(9-13)19-18-7-2-3-8-23-20(18)25(24-19)17-11-15(21)10-16(22)12-17/h4-6,9-12,23H,2-3,7-8H2,1H3. The van der Waals surface area contributed by atoms with Gasteiger partial charge in [0.25, 0.3) is 0 Å². The van der Waals surface area contributed by atoms with Gasteiger partial charge in [-0.25, -0.2) is 4.68 Å². The molecule has 1 aromatic heterocycles. The fraction of sp³-hybridized carbons (Fsp3) is 0.250. The maximum Gasteiger partial charge on any atom is 0.133 e. The number of nitrogens with one attached hydrogen (secondary N) is 1. The van der Waals surface area contributed by atoms with Crippen LogP contribution in [0.15, 0.2) is 42.5 Å². The Kier molecular flexibility index (Phi) is 4.45. The molecule has 0 spiro atoms. The molecule has 0 unspecified atom stereocenters. The van der Waals surface area contributed by atoms with Gasteiger partial charge in [0.2, 0.25) is 0 Å². The summed E-state index contributed by atoms with van der Waals surface area (Å²) >= 11 is 12.4. The Labute approximate surface area is 157 Å². The second-order valence-corrected chi connectivity index (χ2v) is 7.34. The molecule has 128 valence electrons. The molecule has 0 atom stereocenters. The Bertz CT molecular complexity index is 910. The van der Waals surface area contributed by atoms with E-state index < -0.39 is 0 Å². The van der Waals surface area contributed by atoms with Crippen LogP contribution in [0.5, 0.6) is 0 Å². The topological polar surface area (TPSA) is 29.9 Å². The summed E-state index contributed by atoms with van der Waals surface area (Å²) in [7, 11) is 0. The lowest BCUT2D eigenvalue weighted by molar-refractivity contribution is 0.780. The number of halogens is 2. The van der Waals surface area contributed by atoms with Crippen LogP contribution in [0, 0.1) is 6.92 Å². The van der Waals surface area contributed by atoms with Crippen LogP contribution >= 0.6 is 23.2 Å². The molecule has 1 aliphatic heterocycles. The van der Waals surface area contributed by atoms with Crippen molar-refractivity contribution < 1.29 is 0 Å². The molecule has 2 heterocycles. The zero-order valence-electron chi connectivity index (χ0n) is 14.0. The molecule has 0 saturated carbocycles. The van der Waals surface area contributed by atoms with Gasteiger partial charge in [-0.05, 0) is 50.5 Å². The van der Waals surface area contributed by atoms with E-state index in [1.165, 1.54) is 11.1 Å². The fourth-order valence-corrected chi connectivity index (χ4v) is 3.89. The van der Waals surface area contributed by atoms with Crippen molar-refractivity contribution in [1.82, 2.24) is 9.78 Å². The molecule has 3 nitrogen and oxygen atoms in total. The van der Waals surface area contributed by atoms with Crippen molar-refractivity contribution in [2.45, 2.75) is 26.2 Å². The second kappa shape index (κ2) is 6.74. The molecule has 0 saturated heterocycles. The van der Waals surface area contributed by atoms with Crippen molar-refractivity contribution in [3.63, 3.8) is 0 Å². The van der Waals surface area contributed by atoms with Crippen LogP contribution in [0.1, 0.15) is 24.0 Å². The summed E-state index contributed by atoms with van der Waals surface area (Å²) in [4.78, 5) is 0. The van der Waals surface area contributed by atoms with E-state index in [0.29, 0.717) is 10.0 Å². The van der Waals surface area contributed by atoms with Gasteiger partial charge in [-0.1, -0.05) is 47.0 Å². The van der Waals surface area contributed by atoms with Crippen molar-refractivity contribution >= 4 is 29.0 Å². The van der Waals surface area contributed by atoms with Crippen molar-refractivity contribution in [2.24, 2.45) is 0 Å². The van der Waals surface area contributed by atoms with Crippen molar-refractivity contribution in [3.8, 4) is 16.9 Å². The molecule has 3 aromatic rings. The SMILES string of the molecule is Cc1cccc(-c2nn(-c3cc(Cl)cc(Cl)c3)c3c2CCCCN3)c1. The van der Waals surface area contributed by atoms with Crippen molar-refractivity contribution in [2.75, 3.05) is 11.9 Å². The summed E-state index contributed by atoms with van der Waals surface area (Å²) in [6.07, 6.45) is 3.32. The van der Waals surface area contributed by atoms with E-state index in [2.05, 4.69) is 36.5 Å². The van der Waals surface area contributed by atoms with E-state index in [1.807, 2.05) is 16.8 Å². The first-order valence-electron chi connectivity index (χ1n) is 8.51. The van der Waals surface area contributed by atoms with E-state index in [9.17, 15) is 0 Å². The Morgan fingerprint density at radius 1 is 1.04 bits per heavy atom. The molecule has 0 radical (unpaired) electrons. The van der Waals surface area contributed by atoms with Gasteiger partial charge in [0.1, 0.15) is 5.82 Å². The Morgan fingerprint density at radius 2 is 1.84 bits per heavy atom. The van der Waals surface area contributed by atoms with E-state index >= 15 is 0 Å². The lowest BCUT2D eigenvalue weighted by Gasteiger charge is -2.10. The molecule has 0 aliphatic carbocycles. The summed E-state index contributed by atoms with van der Waals surface area (Å²) in [5.41, 5.74) is 5.55. The number of hydrogen-bond donors (Lipinski definition) is 1. The number of benzene rings is 2. The Balaban J connectivity index is 1.93. The van der Waals surface area contributed by atoms with E-state index in [-0.39, 0.29) is 0 Å². The molecular formula is C20H19Cl2N3. The van der Waals surface area contributed by atoms with Crippen LogP contribution in [0.4, 0.5) is 5.82 Å². The average molecular weight is 372 g/mol. The molecule has 1 N–H and O–H groups in total. The lowest BCUT2D eigenvalue weighted by Crippen LogP contribution is -2.07. The maximum absolute atomic E-state index is 6.21. The first-order chi connectivity index (χ1) is 12.1. The minimum absolute atomic E-state index is 0.609. The second-order valence-electron chi connectivity index (χ2n) is 6.47. The molecule has 25 heavy (non-hydrogen) atoms. The lowest BCUT2D eigenvalue weighted by atomic mass is 10.0. The number of aromatic nitrogens is 2. The van der Waals surface area contributed by atoms with E-state index in [4.69, 9.17) is 28.3 Å². The van der Waals surface area contributed by atoms with Crippen molar-refractivity contribution in [3.05, 3.63) is 63.6 Å². The highest BCUT2D eigenvalue weighted by Gasteiger charge is 2.22. The fourth-order valence-electron chi connectivity index (χ4n) is 3.38. The number of rotatable bonds is 2. The third-order valence-corrected chi connectivity index (χ3v) is 4.95. The summed E-state index contributed by atoms with van der Waals surface area (Å²) in [6, 6.07) is 14.0. The van der Waals surface area contributed by atoms with Crippen LogP contribution in [0.3, 0.4) is 0 Å². The van der Waals surface area contributed by atoms with Gasteiger partial charge in [-0.15, -0.1) is 0 Å². The number of nitrogens with zero attached hydrogens (tertiary/aromatic N) is 2. The third kappa shape index (κ3) is 3.26. The summed E-state index contributed by atoms with van der Waals surface area (Å²) in [5, 5.41) is 9.70. The largest absolute Gasteiger partial charge is 0.370 e. The molecule has 0 bridgehead atoms. The molecular weight excluding hydrogens is 353 g/mol. The summed E-state index contributed by atoms with van der Waals surface area (Å²) in [5.74, 6) is 1.05. The van der Waals surface area contributed by atoms with E-state index in [1.54, 1.807) is 6.07 Å². The Morgan fingerprint density at radius 3 is 2.60 bits per heavy atom. The van der Waals surface area contributed by atoms with Gasteiger partial charge < -0.3 is 5.32 Å². The van der Waals surface area contributed by atoms with Gasteiger partial charge >= 0.3 is 0 Å². The van der Waals surface area contributed by atoms with Gasteiger partial charge in [-0.2, -0.15) is 5.10 Å². The van der Waals surface area contributed by atoms with Crippen LogP contribution in [-0.4, -0.2) is 16.3 Å². The quantitative estimate of drug-likeness (QED) is 0.607. The molecule has 0 amide bonds. The zero-order valence-corrected chi connectivity index (χ0v) is 15.5. The zero-order chi connectivity index (χ0) is 17.4. The van der Waals surface area contributed by atoms with Gasteiger partial charge in [0, 0.05) is 27.7 Å². The van der Waals surface area contributed by atoms with Crippen LogP contribution < -0.4 is 5.32 Å². The molecule has 1 aliphatic rings. The van der Waals surface area contributed by atoms with E-state index in [0.717, 1.165) is 48.6 Å². The van der Waals surface area contributed by atoms with Gasteiger partial charge in [0.15, 0.2) is 0 Å². The predicted molar refractivity (Wildman–Crippen MR) is 105 cm³/mol. The monoisotopic (exact) mass is 371 g/mol. The molecule has 2 aromatic carbocycles. The first-order valence-corrected chi connectivity index (χ1v) is 9.27. The summed E-state index contributed by atoms with van der Waals surface area (Å²) < 4.78 is 1.94. The molecule has 0 fully saturated rings. The number of fused-ring (bicyclic) bond motifs is 1. The number of hydrogen-bond acceptors (Lipinski definition) is 2. The first kappa shape index (κ1) is 16.5.